The number of amides is 4. The number of fused-ring (bicyclic) bond motifs is 1. The highest BCUT2D eigenvalue weighted by Crippen LogP contribution is 2.27. The van der Waals surface area contributed by atoms with Crippen LogP contribution in [0.5, 0.6) is 5.75 Å². The number of hydrogen-bond donors (Lipinski definition) is 2. The molecule has 4 heterocycles. The lowest BCUT2D eigenvalue weighted by molar-refractivity contribution is -0.143. The maximum Gasteiger partial charge on any atom is 0.410 e. The number of piperidine rings is 2. The molecule has 0 aromatic heterocycles. The van der Waals surface area contributed by atoms with Gasteiger partial charge in [-0.2, -0.15) is 0 Å². The number of hydrogen-bond acceptors (Lipinski definition) is 7. The van der Waals surface area contributed by atoms with Crippen molar-refractivity contribution in [3.63, 3.8) is 0 Å². The van der Waals surface area contributed by atoms with Gasteiger partial charge in [0.2, 0.25) is 0 Å². The number of benzene rings is 2. The number of nitrogens with zero attached hydrogens (tertiary/aromatic N) is 4. The molecular formula is C36H50N6O5. The minimum Gasteiger partial charge on any atom is -0.496 e. The summed E-state index contributed by atoms with van der Waals surface area (Å²) in [4.78, 5) is 48.8. The van der Waals surface area contributed by atoms with E-state index in [0.29, 0.717) is 58.0 Å². The highest BCUT2D eigenvalue weighted by Gasteiger charge is 2.36. The SMILES string of the molecule is COc1c(C)cc(C[C@@H](OC(=O)N2CCC(N3CCc4ccccc4NC3=O)CC2)C(=O)N2CCN(C3CCNCC3)CC2)cc1C. The fraction of sp³-hybridized carbons (Fsp3) is 0.583. The van der Waals surface area contributed by atoms with Crippen molar-refractivity contribution in [2.24, 2.45) is 0 Å². The number of methoxy groups -OCH3 is 1. The van der Waals surface area contributed by atoms with Crippen LogP contribution < -0.4 is 15.4 Å². The summed E-state index contributed by atoms with van der Waals surface area (Å²) in [5.74, 6) is 0.692. The van der Waals surface area contributed by atoms with Crippen LogP contribution in [0.25, 0.3) is 0 Å². The zero-order valence-electron chi connectivity index (χ0n) is 28.1. The summed E-state index contributed by atoms with van der Waals surface area (Å²) in [6.07, 6.45) is 3.29. The van der Waals surface area contributed by atoms with E-state index >= 15 is 0 Å². The molecule has 1 atom stereocenters. The highest BCUT2D eigenvalue weighted by molar-refractivity contribution is 5.91. The van der Waals surface area contributed by atoms with Crippen molar-refractivity contribution in [1.82, 2.24) is 24.9 Å². The Morgan fingerprint density at radius 3 is 2.23 bits per heavy atom. The minimum atomic E-state index is -0.923. The van der Waals surface area contributed by atoms with Crippen molar-refractivity contribution in [3.05, 3.63) is 58.7 Å². The standard InChI is InChI=1S/C36H50N6O5/c1-25-22-27(23-26(2)33(25)46-3)24-32(34(43)40-20-18-39(19-21-40)29-8-13-37-14-9-29)47-36(45)41-15-11-30(12-16-41)42-17-10-28-6-4-5-7-31(28)38-35(42)44/h4-7,22-23,29-30,32,37H,8-21,24H2,1-3H3,(H,38,44)/t32-/m1/s1. The fourth-order valence-corrected chi connectivity index (χ4v) is 7.85. The normalized spacial score (nSPS) is 20.7. The Kier molecular flexibility index (Phi) is 10.5. The van der Waals surface area contributed by atoms with E-state index in [1.165, 1.54) is 0 Å². The molecule has 4 amide bonds. The predicted octanol–water partition coefficient (Wildman–Crippen LogP) is 3.81. The van der Waals surface area contributed by atoms with Gasteiger partial charge in [0.1, 0.15) is 5.75 Å². The number of nitrogens with one attached hydrogen (secondary N) is 2. The Morgan fingerprint density at radius 1 is 0.872 bits per heavy atom. The molecule has 2 aromatic rings. The molecule has 0 unspecified atom stereocenters. The third-order valence-electron chi connectivity index (χ3n) is 10.4. The van der Waals surface area contributed by atoms with Crippen molar-refractivity contribution < 1.29 is 23.9 Å². The minimum absolute atomic E-state index is 0.0345. The Bertz CT molecular complexity index is 1410. The molecule has 0 radical (unpaired) electrons. The van der Waals surface area contributed by atoms with E-state index in [1.54, 1.807) is 12.0 Å². The van der Waals surface area contributed by atoms with Crippen LogP contribution >= 0.6 is 0 Å². The van der Waals surface area contributed by atoms with E-state index in [1.807, 2.05) is 54.0 Å². The molecule has 11 nitrogen and oxygen atoms in total. The van der Waals surface area contributed by atoms with Crippen molar-refractivity contribution in [3.8, 4) is 5.75 Å². The third kappa shape index (κ3) is 7.67. The van der Waals surface area contributed by atoms with Crippen molar-refractivity contribution in [2.75, 3.05) is 71.3 Å². The fourth-order valence-electron chi connectivity index (χ4n) is 7.85. The van der Waals surface area contributed by atoms with Crippen LogP contribution in [0.15, 0.2) is 36.4 Å². The lowest BCUT2D eigenvalue weighted by Gasteiger charge is -2.41. The second-order valence-corrected chi connectivity index (χ2v) is 13.4. The molecule has 11 heteroatoms. The maximum atomic E-state index is 14.0. The topological polar surface area (TPSA) is 107 Å². The molecule has 3 saturated heterocycles. The summed E-state index contributed by atoms with van der Waals surface area (Å²) in [5.41, 5.74) is 4.91. The van der Waals surface area contributed by atoms with Crippen LogP contribution in [0, 0.1) is 13.8 Å². The van der Waals surface area contributed by atoms with Gasteiger partial charge in [-0.1, -0.05) is 30.3 Å². The summed E-state index contributed by atoms with van der Waals surface area (Å²) >= 11 is 0. The average molecular weight is 647 g/mol. The van der Waals surface area contributed by atoms with Crippen LogP contribution in [-0.2, 0) is 22.4 Å². The lowest BCUT2D eigenvalue weighted by atomic mass is 10.00. The first-order valence-electron chi connectivity index (χ1n) is 17.3. The number of anilines is 1. The quantitative estimate of drug-likeness (QED) is 0.472. The second-order valence-electron chi connectivity index (χ2n) is 13.4. The van der Waals surface area contributed by atoms with Gasteiger partial charge in [0, 0.05) is 70.0 Å². The zero-order chi connectivity index (χ0) is 32.9. The van der Waals surface area contributed by atoms with E-state index in [9.17, 15) is 14.4 Å². The van der Waals surface area contributed by atoms with E-state index < -0.39 is 12.2 Å². The molecule has 6 rings (SSSR count). The smallest absolute Gasteiger partial charge is 0.410 e. The van der Waals surface area contributed by atoms with E-state index in [4.69, 9.17) is 9.47 Å². The van der Waals surface area contributed by atoms with Gasteiger partial charge in [0.25, 0.3) is 5.91 Å². The Morgan fingerprint density at radius 2 is 1.55 bits per heavy atom. The molecule has 47 heavy (non-hydrogen) atoms. The molecule has 254 valence electrons. The summed E-state index contributed by atoms with van der Waals surface area (Å²) in [5, 5.41) is 6.49. The predicted molar refractivity (Wildman–Crippen MR) is 181 cm³/mol. The Hall–Kier alpha value is -3.83. The summed E-state index contributed by atoms with van der Waals surface area (Å²) < 4.78 is 11.7. The summed E-state index contributed by atoms with van der Waals surface area (Å²) in [6, 6.07) is 12.5. The average Bonchev–Trinajstić information content (AvgIpc) is 3.26. The van der Waals surface area contributed by atoms with Crippen molar-refractivity contribution >= 4 is 23.7 Å². The van der Waals surface area contributed by atoms with Gasteiger partial charge in [-0.25, -0.2) is 9.59 Å². The molecular weight excluding hydrogens is 596 g/mol. The number of ether oxygens (including phenoxy) is 2. The third-order valence-corrected chi connectivity index (χ3v) is 10.4. The first-order valence-corrected chi connectivity index (χ1v) is 17.3. The van der Waals surface area contributed by atoms with E-state index in [2.05, 4.69) is 21.6 Å². The van der Waals surface area contributed by atoms with Gasteiger partial charge in [-0.15, -0.1) is 0 Å². The van der Waals surface area contributed by atoms with Gasteiger partial charge < -0.3 is 34.8 Å². The van der Waals surface area contributed by atoms with Crippen LogP contribution in [0.4, 0.5) is 15.3 Å². The number of carbonyl (C=O) groups excluding carboxylic acids is 3. The number of rotatable bonds is 7. The van der Waals surface area contributed by atoms with Gasteiger partial charge in [0.05, 0.1) is 7.11 Å². The molecule has 2 N–H and O–H groups in total. The van der Waals surface area contributed by atoms with Crippen LogP contribution in [0.2, 0.25) is 0 Å². The monoisotopic (exact) mass is 646 g/mol. The van der Waals surface area contributed by atoms with E-state index in [-0.39, 0.29) is 18.0 Å². The largest absolute Gasteiger partial charge is 0.496 e. The summed E-state index contributed by atoms with van der Waals surface area (Å²) in [7, 11) is 1.66. The maximum absolute atomic E-state index is 14.0. The van der Waals surface area contributed by atoms with Crippen molar-refractivity contribution in [2.45, 2.75) is 70.6 Å². The number of aryl methyl sites for hydroxylation is 2. The number of urea groups is 1. The zero-order valence-corrected chi connectivity index (χ0v) is 28.1. The molecule has 0 aliphatic carbocycles. The molecule has 2 aromatic carbocycles. The first-order chi connectivity index (χ1) is 22.8. The second kappa shape index (κ2) is 14.9. The highest BCUT2D eigenvalue weighted by atomic mass is 16.6. The molecule has 4 aliphatic heterocycles. The van der Waals surface area contributed by atoms with Crippen LogP contribution in [0.1, 0.15) is 47.9 Å². The number of likely N-dealkylation sites (tertiary alicyclic amines) is 1. The van der Waals surface area contributed by atoms with Crippen molar-refractivity contribution in [1.29, 1.82) is 0 Å². The molecule has 0 saturated carbocycles. The first kappa shape index (κ1) is 33.1. The molecule has 0 bridgehead atoms. The Labute approximate surface area is 278 Å². The van der Waals surface area contributed by atoms with Crippen LogP contribution in [0.3, 0.4) is 0 Å². The Balaban J connectivity index is 1.09. The van der Waals surface area contributed by atoms with Gasteiger partial charge in [0.15, 0.2) is 6.10 Å². The molecule has 3 fully saturated rings. The number of carbonyl (C=O) groups is 3. The van der Waals surface area contributed by atoms with Crippen LogP contribution in [-0.4, -0.2) is 122 Å². The summed E-state index contributed by atoms with van der Waals surface area (Å²) in [6.45, 7) is 10.6. The van der Waals surface area contributed by atoms with Gasteiger partial charge in [-0.05, 0) is 87.4 Å². The molecule has 4 aliphatic rings. The lowest BCUT2D eigenvalue weighted by Crippen LogP contribution is -2.56. The number of piperazine rings is 1. The van der Waals surface area contributed by atoms with Gasteiger partial charge in [-0.3, -0.25) is 9.69 Å². The number of para-hydroxylation sites is 1. The van der Waals surface area contributed by atoms with Gasteiger partial charge >= 0.3 is 12.1 Å². The molecule has 0 spiro atoms. The van der Waals surface area contributed by atoms with E-state index in [0.717, 1.165) is 79.1 Å².